The van der Waals surface area contributed by atoms with Crippen LogP contribution in [0.2, 0.25) is 0 Å². The molecule has 0 aromatic heterocycles. The van der Waals surface area contributed by atoms with Gasteiger partial charge in [-0.1, -0.05) is 12.1 Å². The van der Waals surface area contributed by atoms with Crippen LogP contribution in [-0.4, -0.2) is 24.7 Å². The molecular formula is C11H16N2O. The fourth-order valence-corrected chi connectivity index (χ4v) is 1.89. The summed E-state index contributed by atoms with van der Waals surface area (Å²) in [5.74, 6) is 0. The average Bonchev–Trinajstić information content (AvgIpc) is 2.23. The highest BCUT2D eigenvalue weighted by molar-refractivity contribution is 5.75. The Balaban J connectivity index is 2.49. The van der Waals surface area contributed by atoms with Crippen molar-refractivity contribution in [3.05, 3.63) is 23.8 Å². The molecule has 14 heavy (non-hydrogen) atoms. The summed E-state index contributed by atoms with van der Waals surface area (Å²) in [6, 6.07) is 6.46. The molecule has 2 N–H and O–H groups in total. The Hall–Kier alpha value is -1.22. The number of hydrogen-bond donors (Lipinski definition) is 2. The molecule has 1 unspecified atom stereocenters. The summed E-state index contributed by atoms with van der Waals surface area (Å²) in [7, 11) is 2.07. The highest BCUT2D eigenvalue weighted by atomic mass is 16.3. The first kappa shape index (κ1) is 9.34. The Bertz CT molecular complexity index is 324. The van der Waals surface area contributed by atoms with Crippen molar-refractivity contribution in [1.29, 1.82) is 0 Å². The SMILES string of the molecule is CC1CNc2cccc(CO)c2N1C. The van der Waals surface area contributed by atoms with Gasteiger partial charge in [0.2, 0.25) is 0 Å². The number of nitrogens with one attached hydrogen (secondary N) is 1. The summed E-state index contributed by atoms with van der Waals surface area (Å²) in [4.78, 5) is 2.22. The van der Waals surface area contributed by atoms with E-state index in [4.69, 9.17) is 0 Å². The van der Waals surface area contributed by atoms with Gasteiger partial charge in [0.25, 0.3) is 0 Å². The number of anilines is 2. The van der Waals surface area contributed by atoms with Crippen molar-refractivity contribution in [1.82, 2.24) is 0 Å². The van der Waals surface area contributed by atoms with Gasteiger partial charge in [-0.25, -0.2) is 0 Å². The topological polar surface area (TPSA) is 35.5 Å². The van der Waals surface area contributed by atoms with Crippen molar-refractivity contribution >= 4 is 11.4 Å². The molecule has 0 fully saturated rings. The fourth-order valence-electron chi connectivity index (χ4n) is 1.89. The number of rotatable bonds is 1. The fraction of sp³-hybridized carbons (Fsp3) is 0.455. The van der Waals surface area contributed by atoms with E-state index in [2.05, 4.69) is 30.3 Å². The van der Waals surface area contributed by atoms with Gasteiger partial charge >= 0.3 is 0 Å². The maximum atomic E-state index is 9.24. The minimum atomic E-state index is 0.0991. The van der Waals surface area contributed by atoms with E-state index < -0.39 is 0 Å². The lowest BCUT2D eigenvalue weighted by atomic mass is 10.1. The molecule has 0 aliphatic carbocycles. The van der Waals surface area contributed by atoms with E-state index in [1.54, 1.807) is 0 Å². The average molecular weight is 192 g/mol. The third-order valence-electron chi connectivity index (χ3n) is 2.89. The van der Waals surface area contributed by atoms with Gasteiger partial charge in [0, 0.05) is 25.2 Å². The number of aliphatic hydroxyl groups is 1. The Kier molecular flexibility index (Phi) is 2.33. The number of likely N-dealkylation sites (N-methyl/N-ethyl adjacent to an activating group) is 1. The van der Waals surface area contributed by atoms with Gasteiger partial charge < -0.3 is 15.3 Å². The zero-order valence-corrected chi connectivity index (χ0v) is 8.62. The minimum absolute atomic E-state index is 0.0991. The van der Waals surface area contributed by atoms with Crippen LogP contribution in [0, 0.1) is 0 Å². The van der Waals surface area contributed by atoms with E-state index in [9.17, 15) is 5.11 Å². The molecule has 0 amide bonds. The van der Waals surface area contributed by atoms with Gasteiger partial charge in [0.05, 0.1) is 18.0 Å². The monoisotopic (exact) mass is 192 g/mol. The van der Waals surface area contributed by atoms with Crippen molar-refractivity contribution in [2.75, 3.05) is 23.8 Å². The maximum absolute atomic E-state index is 9.24. The third kappa shape index (κ3) is 1.34. The van der Waals surface area contributed by atoms with E-state index in [-0.39, 0.29) is 6.61 Å². The molecule has 1 aliphatic heterocycles. The van der Waals surface area contributed by atoms with Crippen LogP contribution < -0.4 is 10.2 Å². The van der Waals surface area contributed by atoms with Crippen LogP contribution in [-0.2, 0) is 6.61 Å². The van der Waals surface area contributed by atoms with Crippen molar-refractivity contribution in [2.24, 2.45) is 0 Å². The van der Waals surface area contributed by atoms with E-state index >= 15 is 0 Å². The summed E-state index contributed by atoms with van der Waals surface area (Å²) < 4.78 is 0. The normalized spacial score (nSPS) is 20.2. The van der Waals surface area contributed by atoms with Crippen LogP contribution in [0.5, 0.6) is 0 Å². The molecule has 76 valence electrons. The summed E-state index contributed by atoms with van der Waals surface area (Å²) in [5.41, 5.74) is 3.25. The largest absolute Gasteiger partial charge is 0.392 e. The second-order valence-corrected chi connectivity index (χ2v) is 3.81. The lowest BCUT2D eigenvalue weighted by molar-refractivity contribution is 0.282. The van der Waals surface area contributed by atoms with Gasteiger partial charge in [-0.2, -0.15) is 0 Å². The predicted molar refractivity (Wildman–Crippen MR) is 58.7 cm³/mol. The lowest BCUT2D eigenvalue weighted by Crippen LogP contribution is -2.39. The lowest BCUT2D eigenvalue weighted by Gasteiger charge is -2.36. The summed E-state index contributed by atoms with van der Waals surface area (Å²) in [5, 5.41) is 12.6. The number of hydrogen-bond acceptors (Lipinski definition) is 3. The molecule has 2 rings (SSSR count). The molecular weight excluding hydrogens is 176 g/mol. The first-order valence-corrected chi connectivity index (χ1v) is 4.93. The van der Waals surface area contributed by atoms with E-state index in [1.807, 2.05) is 12.1 Å². The number of benzene rings is 1. The molecule has 0 radical (unpaired) electrons. The van der Waals surface area contributed by atoms with Crippen molar-refractivity contribution in [3.8, 4) is 0 Å². The van der Waals surface area contributed by atoms with Gasteiger partial charge in [-0.15, -0.1) is 0 Å². The zero-order chi connectivity index (χ0) is 10.1. The van der Waals surface area contributed by atoms with Crippen LogP contribution in [0.3, 0.4) is 0 Å². The molecule has 1 atom stereocenters. The van der Waals surface area contributed by atoms with Crippen molar-refractivity contribution < 1.29 is 5.11 Å². The van der Waals surface area contributed by atoms with Crippen LogP contribution >= 0.6 is 0 Å². The molecule has 1 heterocycles. The summed E-state index contributed by atoms with van der Waals surface area (Å²) in [6.07, 6.45) is 0. The summed E-state index contributed by atoms with van der Waals surface area (Å²) in [6.45, 7) is 3.23. The van der Waals surface area contributed by atoms with Gasteiger partial charge in [0.1, 0.15) is 0 Å². The molecule has 1 aliphatic rings. The molecule has 0 saturated carbocycles. The molecule has 0 saturated heterocycles. The molecule has 0 bridgehead atoms. The number of fused-ring (bicyclic) bond motifs is 1. The van der Waals surface area contributed by atoms with E-state index in [0.29, 0.717) is 6.04 Å². The Morgan fingerprint density at radius 2 is 2.36 bits per heavy atom. The second kappa shape index (κ2) is 3.50. The molecule has 1 aromatic rings. The zero-order valence-electron chi connectivity index (χ0n) is 8.62. The van der Waals surface area contributed by atoms with Gasteiger partial charge in [-0.3, -0.25) is 0 Å². The first-order valence-electron chi connectivity index (χ1n) is 4.93. The quantitative estimate of drug-likeness (QED) is 0.706. The van der Waals surface area contributed by atoms with Gasteiger partial charge in [0.15, 0.2) is 0 Å². The van der Waals surface area contributed by atoms with E-state index in [1.165, 1.54) is 0 Å². The molecule has 3 heteroatoms. The van der Waals surface area contributed by atoms with Crippen LogP contribution in [0.25, 0.3) is 0 Å². The number of aliphatic hydroxyl groups excluding tert-OH is 1. The first-order chi connectivity index (χ1) is 6.74. The van der Waals surface area contributed by atoms with E-state index in [0.717, 1.165) is 23.5 Å². The smallest absolute Gasteiger partial charge is 0.0702 e. The highest BCUT2D eigenvalue weighted by Gasteiger charge is 2.21. The Morgan fingerprint density at radius 1 is 1.57 bits per heavy atom. The maximum Gasteiger partial charge on any atom is 0.0702 e. The van der Waals surface area contributed by atoms with Crippen LogP contribution in [0.1, 0.15) is 12.5 Å². The standard InChI is InChI=1S/C11H16N2O/c1-8-6-12-10-5-3-4-9(7-14)11(10)13(8)2/h3-5,8,12,14H,6-7H2,1-2H3. The molecule has 1 aromatic carbocycles. The van der Waals surface area contributed by atoms with Crippen molar-refractivity contribution in [2.45, 2.75) is 19.6 Å². The molecule has 0 spiro atoms. The van der Waals surface area contributed by atoms with Crippen LogP contribution in [0.15, 0.2) is 18.2 Å². The number of nitrogens with zero attached hydrogens (tertiary/aromatic N) is 1. The summed E-state index contributed by atoms with van der Waals surface area (Å²) >= 11 is 0. The Morgan fingerprint density at radius 3 is 3.07 bits per heavy atom. The van der Waals surface area contributed by atoms with Crippen LogP contribution in [0.4, 0.5) is 11.4 Å². The minimum Gasteiger partial charge on any atom is -0.392 e. The predicted octanol–water partition coefficient (Wildman–Crippen LogP) is 1.43. The second-order valence-electron chi connectivity index (χ2n) is 3.81. The third-order valence-corrected chi connectivity index (χ3v) is 2.89. The highest BCUT2D eigenvalue weighted by Crippen LogP contribution is 2.33. The number of para-hydroxylation sites is 1. The Labute approximate surface area is 84.4 Å². The van der Waals surface area contributed by atoms with Crippen molar-refractivity contribution in [3.63, 3.8) is 0 Å². The molecule has 3 nitrogen and oxygen atoms in total. The van der Waals surface area contributed by atoms with Gasteiger partial charge in [-0.05, 0) is 13.0 Å².